The molecule has 0 radical (unpaired) electrons. The molecule has 0 spiro atoms. The predicted molar refractivity (Wildman–Crippen MR) is 57.2 cm³/mol. The summed E-state index contributed by atoms with van der Waals surface area (Å²) < 4.78 is 0. The molecule has 0 aliphatic heterocycles. The molecule has 0 aliphatic carbocycles. The van der Waals surface area contributed by atoms with Gasteiger partial charge < -0.3 is 4.98 Å². The minimum absolute atomic E-state index is 0.152. The molecule has 0 saturated heterocycles. The maximum Gasteiger partial charge on any atom is 0.145 e. The van der Waals surface area contributed by atoms with Gasteiger partial charge in [-0.25, -0.2) is 0 Å². The molecule has 0 bridgehead atoms. The minimum atomic E-state index is 0.152. The number of hydrogen-bond donors (Lipinski definition) is 1. The van der Waals surface area contributed by atoms with Crippen molar-refractivity contribution in [2.75, 3.05) is 6.26 Å². The second-order valence-corrected chi connectivity index (χ2v) is 3.50. The third-order valence-corrected chi connectivity index (χ3v) is 2.56. The van der Waals surface area contributed by atoms with Crippen molar-refractivity contribution in [2.45, 2.75) is 6.92 Å². The normalized spacial score (nSPS) is 8.86. The number of aromatic nitrogens is 1. The van der Waals surface area contributed by atoms with E-state index in [1.165, 1.54) is 11.8 Å². The molecule has 0 atom stereocenters. The molecule has 0 saturated carbocycles. The van der Waals surface area contributed by atoms with Gasteiger partial charge >= 0.3 is 0 Å². The summed E-state index contributed by atoms with van der Waals surface area (Å²) in [5, 5.41) is 17.5. The highest BCUT2D eigenvalue weighted by atomic mass is 32.2. The largest absolute Gasteiger partial charge is 0.358 e. The molecule has 0 aliphatic rings. The number of nitrogens with zero attached hydrogens (tertiary/aromatic N) is 2. The summed E-state index contributed by atoms with van der Waals surface area (Å²) >= 11 is 1.40. The standard InChI is InChI=1S/C10H9N3S/c1-7-3-4-9(13-7)10(14-2)8(5-11)6-12/h3-4,13H,1-2H3. The van der Waals surface area contributed by atoms with E-state index in [0.29, 0.717) is 4.91 Å². The van der Waals surface area contributed by atoms with E-state index < -0.39 is 0 Å². The van der Waals surface area contributed by atoms with Gasteiger partial charge in [0.25, 0.3) is 0 Å². The molecule has 70 valence electrons. The maximum absolute atomic E-state index is 8.74. The zero-order valence-electron chi connectivity index (χ0n) is 7.96. The molecule has 1 aromatic rings. The first-order chi connectivity index (χ1) is 6.72. The van der Waals surface area contributed by atoms with E-state index in [-0.39, 0.29) is 5.57 Å². The Bertz CT molecular complexity index is 427. The number of allylic oxidation sites excluding steroid dienone is 1. The van der Waals surface area contributed by atoms with E-state index in [1.54, 1.807) is 0 Å². The molecule has 1 aromatic heterocycles. The van der Waals surface area contributed by atoms with Crippen molar-refractivity contribution in [2.24, 2.45) is 0 Å². The molecule has 0 fully saturated rings. The van der Waals surface area contributed by atoms with Gasteiger partial charge in [-0.3, -0.25) is 0 Å². The fourth-order valence-electron chi connectivity index (χ4n) is 1.11. The summed E-state index contributed by atoms with van der Waals surface area (Å²) in [6, 6.07) is 7.56. The van der Waals surface area contributed by atoms with Crippen LogP contribution >= 0.6 is 11.8 Å². The van der Waals surface area contributed by atoms with Crippen LogP contribution in [0.2, 0.25) is 0 Å². The van der Waals surface area contributed by atoms with Crippen molar-refractivity contribution in [1.29, 1.82) is 10.5 Å². The Balaban J connectivity index is 3.25. The zero-order chi connectivity index (χ0) is 10.6. The minimum Gasteiger partial charge on any atom is -0.358 e. The second-order valence-electron chi connectivity index (χ2n) is 2.69. The highest BCUT2D eigenvalue weighted by Gasteiger charge is 2.08. The van der Waals surface area contributed by atoms with Gasteiger partial charge in [0.05, 0.1) is 10.6 Å². The van der Waals surface area contributed by atoms with Crippen molar-refractivity contribution in [3.8, 4) is 12.1 Å². The number of thioether (sulfide) groups is 1. The van der Waals surface area contributed by atoms with Crippen LogP contribution in [0.5, 0.6) is 0 Å². The first kappa shape index (κ1) is 10.4. The lowest BCUT2D eigenvalue weighted by molar-refractivity contribution is 1.24. The average molecular weight is 203 g/mol. The summed E-state index contributed by atoms with van der Waals surface area (Å²) in [5.74, 6) is 0. The molecule has 1 N–H and O–H groups in total. The van der Waals surface area contributed by atoms with E-state index in [0.717, 1.165) is 11.4 Å². The van der Waals surface area contributed by atoms with Crippen LogP contribution in [0.1, 0.15) is 11.4 Å². The Hall–Kier alpha value is -1.65. The van der Waals surface area contributed by atoms with Gasteiger partial charge in [-0.05, 0) is 25.3 Å². The van der Waals surface area contributed by atoms with Crippen LogP contribution in [0.15, 0.2) is 17.7 Å². The first-order valence-electron chi connectivity index (χ1n) is 3.97. The number of rotatable bonds is 2. The van der Waals surface area contributed by atoms with Crippen LogP contribution in [0.3, 0.4) is 0 Å². The number of aryl methyl sites for hydroxylation is 1. The van der Waals surface area contributed by atoms with Crippen molar-refractivity contribution in [3.05, 3.63) is 29.1 Å². The van der Waals surface area contributed by atoms with E-state index in [9.17, 15) is 0 Å². The lowest BCUT2D eigenvalue weighted by atomic mass is 10.2. The van der Waals surface area contributed by atoms with E-state index >= 15 is 0 Å². The quantitative estimate of drug-likeness (QED) is 0.751. The summed E-state index contributed by atoms with van der Waals surface area (Å²) in [7, 11) is 0. The number of aromatic amines is 1. The Labute approximate surface area is 87.0 Å². The SMILES string of the molecule is CSC(=C(C#N)C#N)c1ccc(C)[nH]1. The van der Waals surface area contributed by atoms with Crippen LogP contribution in [-0.4, -0.2) is 11.2 Å². The van der Waals surface area contributed by atoms with Crippen LogP contribution < -0.4 is 0 Å². The van der Waals surface area contributed by atoms with Crippen LogP contribution in [0, 0.1) is 29.6 Å². The molecule has 14 heavy (non-hydrogen) atoms. The first-order valence-corrected chi connectivity index (χ1v) is 5.20. The molecular weight excluding hydrogens is 194 g/mol. The zero-order valence-corrected chi connectivity index (χ0v) is 8.77. The van der Waals surface area contributed by atoms with E-state index in [2.05, 4.69) is 4.98 Å². The third-order valence-electron chi connectivity index (χ3n) is 1.73. The van der Waals surface area contributed by atoms with Gasteiger partial charge in [-0.2, -0.15) is 10.5 Å². The van der Waals surface area contributed by atoms with Gasteiger partial charge in [0.2, 0.25) is 0 Å². The Morgan fingerprint density at radius 1 is 1.36 bits per heavy atom. The Morgan fingerprint density at radius 2 is 2.00 bits per heavy atom. The van der Waals surface area contributed by atoms with Crippen molar-refractivity contribution >= 4 is 16.7 Å². The number of nitriles is 2. The molecule has 3 nitrogen and oxygen atoms in total. The smallest absolute Gasteiger partial charge is 0.145 e. The highest BCUT2D eigenvalue weighted by molar-refractivity contribution is 8.07. The van der Waals surface area contributed by atoms with Gasteiger partial charge in [-0.15, -0.1) is 11.8 Å². The summed E-state index contributed by atoms with van der Waals surface area (Å²) in [6.07, 6.45) is 1.85. The lowest BCUT2D eigenvalue weighted by Gasteiger charge is -1.99. The fraction of sp³-hybridized carbons (Fsp3) is 0.200. The predicted octanol–water partition coefficient (Wildman–Crippen LogP) is 2.44. The fourth-order valence-corrected chi connectivity index (χ4v) is 1.74. The van der Waals surface area contributed by atoms with Gasteiger partial charge in [0.15, 0.2) is 0 Å². The number of nitrogens with one attached hydrogen (secondary N) is 1. The summed E-state index contributed by atoms with van der Waals surface area (Å²) in [5.41, 5.74) is 1.99. The maximum atomic E-state index is 8.74. The van der Waals surface area contributed by atoms with Gasteiger partial charge in [0.1, 0.15) is 17.7 Å². The van der Waals surface area contributed by atoms with Crippen LogP contribution in [-0.2, 0) is 0 Å². The number of H-pyrrole nitrogens is 1. The van der Waals surface area contributed by atoms with Crippen molar-refractivity contribution in [1.82, 2.24) is 4.98 Å². The molecule has 0 unspecified atom stereocenters. The van der Waals surface area contributed by atoms with Crippen LogP contribution in [0.25, 0.3) is 4.91 Å². The van der Waals surface area contributed by atoms with E-state index in [1.807, 2.05) is 37.5 Å². The highest BCUT2D eigenvalue weighted by Crippen LogP contribution is 2.27. The van der Waals surface area contributed by atoms with Crippen LogP contribution in [0.4, 0.5) is 0 Å². The number of hydrogen-bond acceptors (Lipinski definition) is 3. The topological polar surface area (TPSA) is 63.4 Å². The summed E-state index contributed by atoms with van der Waals surface area (Å²) in [4.78, 5) is 3.79. The molecule has 4 heteroatoms. The molecule has 0 aromatic carbocycles. The van der Waals surface area contributed by atoms with Gasteiger partial charge in [-0.1, -0.05) is 0 Å². The van der Waals surface area contributed by atoms with E-state index in [4.69, 9.17) is 10.5 Å². The van der Waals surface area contributed by atoms with Crippen molar-refractivity contribution in [3.63, 3.8) is 0 Å². The Morgan fingerprint density at radius 3 is 2.36 bits per heavy atom. The Kier molecular flexibility index (Phi) is 3.39. The molecule has 1 heterocycles. The van der Waals surface area contributed by atoms with Crippen molar-refractivity contribution < 1.29 is 0 Å². The molecular formula is C10H9N3S. The molecule has 0 amide bonds. The van der Waals surface area contributed by atoms with Gasteiger partial charge in [0, 0.05) is 5.69 Å². The average Bonchev–Trinajstić information content (AvgIpc) is 2.60. The molecule has 1 rings (SSSR count). The second kappa shape index (κ2) is 4.55. The monoisotopic (exact) mass is 203 g/mol. The lowest BCUT2D eigenvalue weighted by Crippen LogP contribution is -1.85. The summed E-state index contributed by atoms with van der Waals surface area (Å²) in [6.45, 7) is 1.93. The third kappa shape index (κ3) is 1.99.